The summed E-state index contributed by atoms with van der Waals surface area (Å²) >= 11 is 0. The highest BCUT2D eigenvalue weighted by molar-refractivity contribution is 5.51. The van der Waals surface area contributed by atoms with Crippen LogP contribution in [0.4, 0.5) is 5.69 Å². The lowest BCUT2D eigenvalue weighted by molar-refractivity contribution is 0.474. The van der Waals surface area contributed by atoms with Crippen LogP contribution >= 0.6 is 0 Å². The Morgan fingerprint density at radius 1 is 1.50 bits per heavy atom. The summed E-state index contributed by atoms with van der Waals surface area (Å²) in [6.45, 7) is 4.21. The SMILES string of the molecule is CC[C@H](C)c1cc(O)ccc1N. The van der Waals surface area contributed by atoms with Crippen molar-refractivity contribution in [2.75, 3.05) is 5.73 Å². The van der Waals surface area contributed by atoms with Gasteiger partial charge in [-0.15, -0.1) is 0 Å². The first-order valence-electron chi connectivity index (χ1n) is 4.23. The summed E-state index contributed by atoms with van der Waals surface area (Å²) in [5, 5.41) is 9.23. The van der Waals surface area contributed by atoms with E-state index in [4.69, 9.17) is 5.73 Å². The monoisotopic (exact) mass is 165 g/mol. The minimum Gasteiger partial charge on any atom is -0.508 e. The zero-order valence-electron chi connectivity index (χ0n) is 7.54. The number of phenols is 1. The van der Waals surface area contributed by atoms with Crippen molar-refractivity contribution in [2.24, 2.45) is 0 Å². The van der Waals surface area contributed by atoms with E-state index >= 15 is 0 Å². The topological polar surface area (TPSA) is 46.2 Å². The second kappa shape index (κ2) is 3.48. The highest BCUT2D eigenvalue weighted by Gasteiger charge is 2.07. The molecule has 2 nitrogen and oxygen atoms in total. The molecule has 1 atom stereocenters. The van der Waals surface area contributed by atoms with Gasteiger partial charge in [0, 0.05) is 5.69 Å². The van der Waals surface area contributed by atoms with E-state index in [0.717, 1.165) is 17.7 Å². The number of nitrogens with two attached hydrogens (primary N) is 1. The van der Waals surface area contributed by atoms with Crippen molar-refractivity contribution in [3.8, 4) is 5.75 Å². The molecule has 0 aliphatic heterocycles. The lowest BCUT2D eigenvalue weighted by atomic mass is 9.97. The first-order valence-corrected chi connectivity index (χ1v) is 4.23. The lowest BCUT2D eigenvalue weighted by Crippen LogP contribution is -1.97. The van der Waals surface area contributed by atoms with Crippen LogP contribution in [-0.2, 0) is 0 Å². The van der Waals surface area contributed by atoms with E-state index in [1.807, 2.05) is 0 Å². The van der Waals surface area contributed by atoms with Gasteiger partial charge in [0.05, 0.1) is 0 Å². The summed E-state index contributed by atoms with van der Waals surface area (Å²) in [5.41, 5.74) is 7.56. The Balaban J connectivity index is 3.04. The minimum atomic E-state index is 0.291. The van der Waals surface area contributed by atoms with Crippen molar-refractivity contribution in [3.63, 3.8) is 0 Å². The van der Waals surface area contributed by atoms with E-state index in [0.29, 0.717) is 11.7 Å². The number of hydrogen-bond donors (Lipinski definition) is 2. The molecule has 0 radical (unpaired) electrons. The molecule has 0 saturated heterocycles. The molecule has 1 aromatic rings. The molecule has 0 unspecified atom stereocenters. The van der Waals surface area contributed by atoms with Gasteiger partial charge in [0.2, 0.25) is 0 Å². The smallest absolute Gasteiger partial charge is 0.116 e. The number of rotatable bonds is 2. The van der Waals surface area contributed by atoms with Gasteiger partial charge in [-0.3, -0.25) is 0 Å². The van der Waals surface area contributed by atoms with Gasteiger partial charge in [-0.25, -0.2) is 0 Å². The molecule has 3 N–H and O–H groups in total. The fourth-order valence-electron chi connectivity index (χ4n) is 1.21. The number of anilines is 1. The van der Waals surface area contributed by atoms with Crippen molar-refractivity contribution in [3.05, 3.63) is 23.8 Å². The number of nitrogen functional groups attached to an aromatic ring is 1. The van der Waals surface area contributed by atoms with Crippen molar-refractivity contribution >= 4 is 5.69 Å². The van der Waals surface area contributed by atoms with E-state index in [-0.39, 0.29) is 0 Å². The van der Waals surface area contributed by atoms with Crippen LogP contribution in [0.5, 0.6) is 5.75 Å². The van der Waals surface area contributed by atoms with E-state index in [1.165, 1.54) is 0 Å². The molecular weight excluding hydrogens is 150 g/mol. The summed E-state index contributed by atoms with van der Waals surface area (Å²) in [6, 6.07) is 5.10. The van der Waals surface area contributed by atoms with Crippen LogP contribution in [0.25, 0.3) is 0 Å². The molecular formula is C10H15NO. The first kappa shape index (κ1) is 8.91. The van der Waals surface area contributed by atoms with Crippen molar-refractivity contribution in [1.29, 1.82) is 0 Å². The lowest BCUT2D eigenvalue weighted by Gasteiger charge is -2.11. The predicted octanol–water partition coefficient (Wildman–Crippen LogP) is 2.49. The Kier molecular flexibility index (Phi) is 2.58. The van der Waals surface area contributed by atoms with Gasteiger partial charge < -0.3 is 10.8 Å². The fourth-order valence-corrected chi connectivity index (χ4v) is 1.21. The molecule has 12 heavy (non-hydrogen) atoms. The Bertz CT molecular complexity index is 271. The normalized spacial score (nSPS) is 12.8. The molecule has 0 aliphatic carbocycles. The average molecular weight is 165 g/mol. The van der Waals surface area contributed by atoms with Gasteiger partial charge in [-0.2, -0.15) is 0 Å². The molecule has 0 heterocycles. The highest BCUT2D eigenvalue weighted by Crippen LogP contribution is 2.27. The molecule has 0 aliphatic rings. The maximum absolute atomic E-state index is 9.23. The number of benzene rings is 1. The molecule has 1 aromatic carbocycles. The van der Waals surface area contributed by atoms with E-state index < -0.39 is 0 Å². The number of hydrogen-bond acceptors (Lipinski definition) is 2. The Labute approximate surface area is 73.0 Å². The van der Waals surface area contributed by atoms with Crippen molar-refractivity contribution in [2.45, 2.75) is 26.2 Å². The Hall–Kier alpha value is -1.18. The maximum Gasteiger partial charge on any atom is 0.116 e. The zero-order valence-corrected chi connectivity index (χ0v) is 7.54. The summed E-state index contributed by atoms with van der Waals surface area (Å²) in [5.74, 6) is 0.705. The maximum atomic E-state index is 9.23. The van der Waals surface area contributed by atoms with Crippen LogP contribution in [0, 0.1) is 0 Å². The van der Waals surface area contributed by atoms with E-state index in [9.17, 15) is 5.11 Å². The van der Waals surface area contributed by atoms with Crippen LogP contribution in [-0.4, -0.2) is 5.11 Å². The molecule has 2 heteroatoms. The van der Waals surface area contributed by atoms with Crippen LogP contribution < -0.4 is 5.73 Å². The molecule has 0 amide bonds. The van der Waals surface area contributed by atoms with Gasteiger partial charge >= 0.3 is 0 Å². The summed E-state index contributed by atoms with van der Waals surface area (Å²) in [7, 11) is 0. The van der Waals surface area contributed by atoms with Crippen LogP contribution in [0.15, 0.2) is 18.2 Å². The van der Waals surface area contributed by atoms with Crippen molar-refractivity contribution in [1.82, 2.24) is 0 Å². The van der Waals surface area contributed by atoms with Gasteiger partial charge in [-0.1, -0.05) is 13.8 Å². The molecule has 66 valence electrons. The number of phenolic OH excluding ortho intramolecular Hbond substituents is 1. The molecule has 1 rings (SSSR count). The largest absolute Gasteiger partial charge is 0.508 e. The molecule has 0 fully saturated rings. The van der Waals surface area contributed by atoms with Gasteiger partial charge in [-0.05, 0) is 36.1 Å². The fraction of sp³-hybridized carbons (Fsp3) is 0.400. The summed E-state index contributed by atoms with van der Waals surface area (Å²) in [6.07, 6.45) is 1.04. The second-order valence-corrected chi connectivity index (χ2v) is 3.12. The minimum absolute atomic E-state index is 0.291. The Morgan fingerprint density at radius 2 is 2.17 bits per heavy atom. The third-order valence-electron chi connectivity index (χ3n) is 2.21. The molecule has 0 aromatic heterocycles. The molecule has 0 saturated carbocycles. The van der Waals surface area contributed by atoms with E-state index in [1.54, 1.807) is 18.2 Å². The highest BCUT2D eigenvalue weighted by atomic mass is 16.3. The van der Waals surface area contributed by atoms with Crippen LogP contribution in [0.3, 0.4) is 0 Å². The molecule has 0 spiro atoms. The standard InChI is InChI=1S/C10H15NO/c1-3-7(2)9-6-8(12)4-5-10(9)11/h4-7,12H,3,11H2,1-2H3/t7-/m0/s1. The number of aromatic hydroxyl groups is 1. The van der Waals surface area contributed by atoms with Gasteiger partial charge in [0.25, 0.3) is 0 Å². The summed E-state index contributed by atoms with van der Waals surface area (Å²) < 4.78 is 0. The summed E-state index contributed by atoms with van der Waals surface area (Å²) in [4.78, 5) is 0. The molecule has 0 bridgehead atoms. The third-order valence-corrected chi connectivity index (χ3v) is 2.21. The van der Waals surface area contributed by atoms with Crippen LogP contribution in [0.2, 0.25) is 0 Å². The Morgan fingerprint density at radius 3 is 2.75 bits per heavy atom. The predicted molar refractivity (Wildman–Crippen MR) is 51.2 cm³/mol. The third kappa shape index (κ3) is 1.70. The van der Waals surface area contributed by atoms with Gasteiger partial charge in [0.15, 0.2) is 0 Å². The second-order valence-electron chi connectivity index (χ2n) is 3.12. The van der Waals surface area contributed by atoms with Crippen molar-refractivity contribution < 1.29 is 5.11 Å². The average Bonchev–Trinajstić information content (AvgIpc) is 2.08. The first-order chi connectivity index (χ1) is 5.65. The van der Waals surface area contributed by atoms with E-state index in [2.05, 4.69) is 13.8 Å². The van der Waals surface area contributed by atoms with Crippen LogP contribution in [0.1, 0.15) is 31.7 Å². The van der Waals surface area contributed by atoms with Gasteiger partial charge in [0.1, 0.15) is 5.75 Å². The zero-order chi connectivity index (χ0) is 9.14. The quantitative estimate of drug-likeness (QED) is 0.522.